The van der Waals surface area contributed by atoms with E-state index >= 15 is 4.39 Å². The topological polar surface area (TPSA) is 159 Å². The summed E-state index contributed by atoms with van der Waals surface area (Å²) in [5, 5.41) is 9.92. The lowest BCUT2D eigenvalue weighted by Gasteiger charge is -2.07. The van der Waals surface area contributed by atoms with Crippen LogP contribution in [-0.4, -0.2) is 61.5 Å². The van der Waals surface area contributed by atoms with Crippen LogP contribution < -0.4 is 5.32 Å². The number of aromatic amines is 2. The number of hydrogen-bond donors (Lipinski definition) is 3. The Balaban J connectivity index is 1.42. The molecule has 14 heteroatoms. The van der Waals surface area contributed by atoms with E-state index in [1.54, 1.807) is 25.3 Å². The third kappa shape index (κ3) is 5.68. The van der Waals surface area contributed by atoms with Crippen LogP contribution in [0.2, 0.25) is 0 Å². The van der Waals surface area contributed by atoms with Crippen molar-refractivity contribution in [3.05, 3.63) is 72.4 Å². The molecular formula is C29H24F2N8O3S. The van der Waals surface area contributed by atoms with E-state index in [0.717, 1.165) is 6.26 Å². The fraction of sp³-hybridized carbons (Fsp3) is 0.172. The molecule has 0 atom stereocenters. The molecule has 0 aliphatic heterocycles. The number of H-pyrrole nitrogens is 2. The number of anilines is 1. The number of benzene rings is 1. The second-order valence-electron chi connectivity index (χ2n) is 10.0. The molecular weight excluding hydrogens is 578 g/mol. The molecule has 0 aliphatic rings. The van der Waals surface area contributed by atoms with Crippen molar-refractivity contribution in [2.45, 2.75) is 19.8 Å². The summed E-state index contributed by atoms with van der Waals surface area (Å²) in [5.74, 6) is -1.28. The van der Waals surface area contributed by atoms with Gasteiger partial charge in [0.25, 0.3) is 0 Å². The minimum absolute atomic E-state index is 0.00935. The van der Waals surface area contributed by atoms with Gasteiger partial charge in [-0.2, -0.15) is 5.10 Å². The molecule has 1 aromatic carbocycles. The monoisotopic (exact) mass is 602 g/mol. The Morgan fingerprint density at radius 1 is 0.953 bits per heavy atom. The van der Waals surface area contributed by atoms with Gasteiger partial charge in [0.15, 0.2) is 11.6 Å². The molecule has 1 amide bonds. The van der Waals surface area contributed by atoms with Gasteiger partial charge in [-0.25, -0.2) is 22.2 Å². The van der Waals surface area contributed by atoms with Crippen LogP contribution in [0.4, 0.5) is 14.5 Å². The number of rotatable bonds is 8. The van der Waals surface area contributed by atoms with E-state index in [0.29, 0.717) is 44.5 Å². The summed E-state index contributed by atoms with van der Waals surface area (Å²) < 4.78 is 53.9. The van der Waals surface area contributed by atoms with Crippen LogP contribution in [-0.2, 0) is 21.1 Å². The number of amides is 1. The first-order valence-electron chi connectivity index (χ1n) is 13.2. The van der Waals surface area contributed by atoms with E-state index in [-0.39, 0.29) is 47.1 Å². The van der Waals surface area contributed by atoms with Crippen molar-refractivity contribution >= 4 is 43.4 Å². The smallest absolute Gasteiger partial charge is 0.224 e. The number of sulfone groups is 1. The van der Waals surface area contributed by atoms with Crippen molar-refractivity contribution in [3.8, 4) is 33.9 Å². The highest BCUT2D eigenvalue weighted by molar-refractivity contribution is 7.90. The quantitative estimate of drug-likeness (QED) is 0.223. The molecule has 0 fully saturated rings. The van der Waals surface area contributed by atoms with Crippen molar-refractivity contribution in [2.24, 2.45) is 0 Å². The number of pyridine rings is 3. The van der Waals surface area contributed by atoms with Crippen molar-refractivity contribution in [3.63, 3.8) is 0 Å². The fourth-order valence-corrected chi connectivity index (χ4v) is 5.35. The molecule has 0 saturated carbocycles. The number of fused-ring (bicyclic) bond motifs is 2. The fourth-order valence-electron chi connectivity index (χ4n) is 4.74. The maximum Gasteiger partial charge on any atom is 0.224 e. The van der Waals surface area contributed by atoms with E-state index in [1.807, 2.05) is 0 Å². The van der Waals surface area contributed by atoms with E-state index in [9.17, 15) is 17.6 Å². The zero-order valence-electron chi connectivity index (χ0n) is 22.9. The maximum atomic E-state index is 16.1. The van der Waals surface area contributed by atoms with Gasteiger partial charge < -0.3 is 10.3 Å². The van der Waals surface area contributed by atoms with Gasteiger partial charge in [-0.15, -0.1) is 0 Å². The number of carbonyl (C=O) groups excluding carboxylic acids is 1. The number of halogens is 2. The van der Waals surface area contributed by atoms with Gasteiger partial charge in [0, 0.05) is 36.2 Å². The van der Waals surface area contributed by atoms with Gasteiger partial charge >= 0.3 is 0 Å². The Morgan fingerprint density at radius 3 is 2.56 bits per heavy atom. The Bertz CT molecular complexity index is 2140. The predicted molar refractivity (Wildman–Crippen MR) is 158 cm³/mol. The van der Waals surface area contributed by atoms with Crippen LogP contribution in [0.1, 0.15) is 18.9 Å². The Hall–Kier alpha value is -5.11. The highest BCUT2D eigenvalue weighted by atomic mass is 32.2. The third-order valence-corrected chi connectivity index (χ3v) is 7.76. The van der Waals surface area contributed by atoms with E-state index < -0.39 is 21.5 Å². The molecule has 6 aromatic rings. The zero-order chi connectivity index (χ0) is 30.3. The number of nitrogens with zero attached hydrogens (tertiary/aromatic N) is 5. The first-order valence-corrected chi connectivity index (χ1v) is 15.2. The number of nitrogens with one attached hydrogen (secondary N) is 3. The molecule has 0 spiro atoms. The number of aryl methyl sites for hydroxylation is 1. The summed E-state index contributed by atoms with van der Waals surface area (Å²) in [6.45, 7) is 1.72. The van der Waals surface area contributed by atoms with Crippen LogP contribution >= 0.6 is 0 Å². The second kappa shape index (κ2) is 10.9. The number of imidazole rings is 1. The minimum atomic E-state index is -3.24. The third-order valence-electron chi connectivity index (χ3n) is 6.81. The average molecular weight is 603 g/mol. The lowest BCUT2D eigenvalue weighted by molar-refractivity contribution is -0.115. The normalized spacial score (nSPS) is 11.8. The second-order valence-corrected chi connectivity index (χ2v) is 12.3. The van der Waals surface area contributed by atoms with Crippen LogP contribution in [0.25, 0.3) is 55.8 Å². The lowest BCUT2D eigenvalue weighted by Crippen LogP contribution is -2.09. The van der Waals surface area contributed by atoms with Crippen molar-refractivity contribution in [1.29, 1.82) is 0 Å². The van der Waals surface area contributed by atoms with Gasteiger partial charge in [-0.05, 0) is 35.7 Å². The maximum absolute atomic E-state index is 16.1. The molecule has 0 radical (unpaired) electrons. The van der Waals surface area contributed by atoms with Gasteiger partial charge in [-0.3, -0.25) is 24.8 Å². The first-order chi connectivity index (χ1) is 20.6. The van der Waals surface area contributed by atoms with E-state index in [2.05, 4.69) is 40.4 Å². The lowest BCUT2D eigenvalue weighted by atomic mass is 10.0. The number of aromatic nitrogens is 7. The molecule has 11 nitrogen and oxygen atoms in total. The van der Waals surface area contributed by atoms with E-state index in [4.69, 9.17) is 0 Å². The molecule has 5 heterocycles. The van der Waals surface area contributed by atoms with Crippen molar-refractivity contribution < 1.29 is 22.0 Å². The molecule has 0 unspecified atom stereocenters. The van der Waals surface area contributed by atoms with E-state index in [1.165, 1.54) is 36.9 Å². The molecule has 6 rings (SSSR count). The van der Waals surface area contributed by atoms with Gasteiger partial charge in [-0.1, -0.05) is 13.0 Å². The highest BCUT2D eigenvalue weighted by Gasteiger charge is 2.22. The molecule has 43 heavy (non-hydrogen) atoms. The van der Waals surface area contributed by atoms with Crippen LogP contribution in [0, 0.1) is 11.6 Å². The first kappa shape index (κ1) is 28.0. The SMILES string of the molecule is CCC(=O)Nc1cncc(-c2ncc3[nH]nc(-c4nc5c(-c6cc(F)cc(CCS(C)(=O)=O)c6)cncc5[nH]4)c3c2F)c1. The predicted octanol–water partition coefficient (Wildman–Crippen LogP) is 4.84. The Kier molecular flexibility index (Phi) is 7.13. The standard InChI is InChI=1S/C29H24F2N8O3S/c1-3-23(40)35-19-9-17(10-32-11-19)26-25(31)24-21(14-34-26)38-39-28(24)29-36-22-13-33-12-20(27(22)37-29)16-6-15(7-18(30)8-16)4-5-43(2,41)42/h6-14H,3-5H2,1-2H3,(H,35,40)(H,36,37)(H,38,39). The summed E-state index contributed by atoms with van der Waals surface area (Å²) >= 11 is 0. The summed E-state index contributed by atoms with van der Waals surface area (Å²) in [7, 11) is -3.24. The van der Waals surface area contributed by atoms with Crippen LogP contribution in [0.15, 0.2) is 55.2 Å². The van der Waals surface area contributed by atoms with Gasteiger partial charge in [0.1, 0.15) is 27.0 Å². The molecule has 218 valence electrons. The van der Waals surface area contributed by atoms with Crippen LogP contribution in [0.5, 0.6) is 0 Å². The Labute approximate surface area is 243 Å². The molecule has 5 aromatic heterocycles. The van der Waals surface area contributed by atoms with Gasteiger partial charge in [0.05, 0.1) is 52.0 Å². The average Bonchev–Trinajstić information content (AvgIpc) is 3.60. The molecule has 0 saturated heterocycles. The van der Waals surface area contributed by atoms with Crippen molar-refractivity contribution in [2.75, 3.05) is 17.3 Å². The molecule has 0 aliphatic carbocycles. The summed E-state index contributed by atoms with van der Waals surface area (Å²) in [5.41, 5.74) is 3.72. The number of hydrogen-bond acceptors (Lipinski definition) is 8. The summed E-state index contributed by atoms with van der Waals surface area (Å²) in [6.07, 6.45) is 8.98. The van der Waals surface area contributed by atoms with Gasteiger partial charge in [0.2, 0.25) is 5.91 Å². The zero-order valence-corrected chi connectivity index (χ0v) is 23.8. The molecule has 3 N–H and O–H groups in total. The number of carbonyl (C=O) groups is 1. The Morgan fingerprint density at radius 2 is 1.77 bits per heavy atom. The summed E-state index contributed by atoms with van der Waals surface area (Å²) in [4.78, 5) is 32.3. The van der Waals surface area contributed by atoms with Crippen LogP contribution in [0.3, 0.4) is 0 Å². The summed E-state index contributed by atoms with van der Waals surface area (Å²) in [6, 6.07) is 5.90. The molecule has 0 bridgehead atoms. The largest absolute Gasteiger partial charge is 0.335 e. The highest BCUT2D eigenvalue weighted by Crippen LogP contribution is 2.35. The minimum Gasteiger partial charge on any atom is -0.335 e. The van der Waals surface area contributed by atoms with Crippen molar-refractivity contribution in [1.82, 2.24) is 35.1 Å².